The molecule has 1 aliphatic carbocycles. The Morgan fingerprint density at radius 2 is 1.86 bits per heavy atom. The molecule has 1 saturated heterocycles. The first-order valence-corrected chi connectivity index (χ1v) is 10.7. The smallest absolute Gasteiger partial charge is 0.321 e. The number of urea groups is 1. The van der Waals surface area contributed by atoms with E-state index < -0.39 is 0 Å². The highest BCUT2D eigenvalue weighted by molar-refractivity contribution is 5.89. The quantitative estimate of drug-likeness (QED) is 0.718. The zero-order valence-electron chi connectivity index (χ0n) is 16.6. The van der Waals surface area contributed by atoms with E-state index >= 15 is 0 Å². The van der Waals surface area contributed by atoms with Crippen molar-refractivity contribution in [3.8, 4) is 0 Å². The summed E-state index contributed by atoms with van der Waals surface area (Å²) >= 11 is 0. The molecule has 1 saturated carbocycles. The number of nitrogens with zero attached hydrogens (tertiary/aromatic N) is 1. The summed E-state index contributed by atoms with van der Waals surface area (Å²) in [4.78, 5) is 26.6. The van der Waals surface area contributed by atoms with Crippen LogP contribution in [-0.4, -0.2) is 36.0 Å². The Labute approximate surface area is 167 Å². The zero-order valence-corrected chi connectivity index (χ0v) is 16.6. The number of nitrogens with one attached hydrogen (secondary N) is 2. The van der Waals surface area contributed by atoms with Crippen LogP contribution in [0.5, 0.6) is 0 Å². The number of carbonyl (C=O) groups excluding carboxylic acids is 2. The third-order valence-corrected chi connectivity index (χ3v) is 5.88. The number of hydrogen-bond acceptors (Lipinski definition) is 2. The molecule has 2 aliphatic rings. The number of likely N-dealkylation sites (tertiary alicyclic amines) is 1. The fraction of sp³-hybridized carbons (Fsp3) is 0.636. The van der Waals surface area contributed by atoms with Crippen molar-refractivity contribution in [2.45, 2.75) is 70.3 Å². The van der Waals surface area contributed by atoms with E-state index in [4.69, 9.17) is 0 Å². The Bertz CT molecular complexity index is 659. The topological polar surface area (TPSA) is 61.4 Å². The van der Waals surface area contributed by atoms with Crippen LogP contribution in [0.25, 0.3) is 0 Å². The van der Waals surface area contributed by atoms with E-state index in [1.165, 1.54) is 37.8 Å². The van der Waals surface area contributed by atoms with Crippen molar-refractivity contribution < 1.29 is 14.0 Å². The van der Waals surface area contributed by atoms with E-state index in [1.807, 2.05) is 0 Å². The van der Waals surface area contributed by atoms with Crippen molar-refractivity contribution in [3.63, 3.8) is 0 Å². The Balaban J connectivity index is 1.41. The number of halogens is 1. The Morgan fingerprint density at radius 3 is 2.61 bits per heavy atom. The molecule has 0 radical (unpaired) electrons. The number of rotatable bonds is 5. The average Bonchev–Trinajstić information content (AvgIpc) is 2.95. The minimum atomic E-state index is -0.367. The number of carbonyl (C=O) groups is 2. The maximum absolute atomic E-state index is 13.3. The van der Waals surface area contributed by atoms with E-state index in [0.717, 1.165) is 32.1 Å². The molecule has 154 valence electrons. The maximum Gasteiger partial charge on any atom is 0.321 e. The van der Waals surface area contributed by atoms with Gasteiger partial charge >= 0.3 is 6.03 Å². The molecular weight excluding hydrogens is 357 g/mol. The van der Waals surface area contributed by atoms with Gasteiger partial charge in [0.15, 0.2) is 0 Å². The summed E-state index contributed by atoms with van der Waals surface area (Å²) in [6.45, 7) is 1.35. The maximum atomic E-state index is 13.3. The third kappa shape index (κ3) is 6.50. The number of benzene rings is 1. The lowest BCUT2D eigenvalue weighted by Crippen LogP contribution is -2.42. The highest BCUT2D eigenvalue weighted by atomic mass is 19.1. The van der Waals surface area contributed by atoms with Crippen molar-refractivity contribution in [3.05, 3.63) is 30.1 Å². The van der Waals surface area contributed by atoms with Crippen LogP contribution in [0.15, 0.2) is 24.3 Å². The second kappa shape index (κ2) is 10.4. The number of hydrogen-bond donors (Lipinski definition) is 2. The van der Waals surface area contributed by atoms with Gasteiger partial charge in [-0.2, -0.15) is 0 Å². The zero-order chi connectivity index (χ0) is 19.8. The molecule has 1 atom stereocenters. The van der Waals surface area contributed by atoms with Gasteiger partial charge in [-0.25, -0.2) is 9.18 Å². The summed E-state index contributed by atoms with van der Waals surface area (Å²) < 4.78 is 13.3. The predicted octanol–water partition coefficient (Wildman–Crippen LogP) is 4.69. The third-order valence-electron chi connectivity index (χ3n) is 5.88. The van der Waals surface area contributed by atoms with Crippen molar-refractivity contribution in [2.24, 2.45) is 5.92 Å². The van der Waals surface area contributed by atoms with Crippen molar-refractivity contribution >= 4 is 17.6 Å². The first-order valence-electron chi connectivity index (χ1n) is 10.7. The van der Waals surface area contributed by atoms with Crippen LogP contribution in [0, 0.1) is 11.7 Å². The standard InChI is InChI=1S/C22H32FN3O2/c23-18-8-5-11-20(15-18)25-22(28)26-14-6-7-17(16-26)12-13-21(27)24-19-9-3-1-2-4-10-19/h5,8,11,15,17,19H,1-4,6-7,9-10,12-14,16H2,(H,24,27)(H,25,28)/t17-/m0/s1. The fourth-order valence-electron chi connectivity index (χ4n) is 4.31. The first kappa shape index (κ1) is 20.6. The molecule has 5 nitrogen and oxygen atoms in total. The molecule has 1 heterocycles. The molecule has 0 unspecified atom stereocenters. The number of piperidine rings is 1. The SMILES string of the molecule is O=C(CC[C@@H]1CCCN(C(=O)Nc2cccc(F)c2)C1)NC1CCCCCC1. The van der Waals surface area contributed by atoms with Crippen LogP contribution in [0.3, 0.4) is 0 Å². The van der Waals surface area contributed by atoms with Crippen LogP contribution in [-0.2, 0) is 4.79 Å². The van der Waals surface area contributed by atoms with Gasteiger partial charge in [0.2, 0.25) is 5.91 Å². The second-order valence-corrected chi connectivity index (χ2v) is 8.19. The molecule has 28 heavy (non-hydrogen) atoms. The van der Waals surface area contributed by atoms with Gasteiger partial charge in [-0.05, 0) is 56.2 Å². The highest BCUT2D eigenvalue weighted by Gasteiger charge is 2.24. The minimum absolute atomic E-state index is 0.147. The number of anilines is 1. The van der Waals surface area contributed by atoms with Gasteiger partial charge in [0, 0.05) is 31.2 Å². The largest absolute Gasteiger partial charge is 0.353 e. The summed E-state index contributed by atoms with van der Waals surface area (Å²) in [5, 5.41) is 5.97. The second-order valence-electron chi connectivity index (χ2n) is 8.19. The van der Waals surface area contributed by atoms with Crippen molar-refractivity contribution in [1.29, 1.82) is 0 Å². The summed E-state index contributed by atoms with van der Waals surface area (Å²) in [6, 6.07) is 6.08. The van der Waals surface area contributed by atoms with E-state index in [1.54, 1.807) is 17.0 Å². The van der Waals surface area contributed by atoms with Gasteiger partial charge in [-0.3, -0.25) is 4.79 Å². The van der Waals surface area contributed by atoms with Crippen LogP contribution in [0.2, 0.25) is 0 Å². The van der Waals surface area contributed by atoms with Gasteiger partial charge < -0.3 is 15.5 Å². The summed E-state index contributed by atoms with van der Waals surface area (Å²) in [6.07, 6.45) is 10.5. The molecule has 2 fully saturated rings. The molecule has 1 aromatic carbocycles. The van der Waals surface area contributed by atoms with Gasteiger partial charge in [-0.1, -0.05) is 31.7 Å². The Hall–Kier alpha value is -2.11. The fourth-order valence-corrected chi connectivity index (χ4v) is 4.31. The van der Waals surface area contributed by atoms with E-state index in [2.05, 4.69) is 10.6 Å². The van der Waals surface area contributed by atoms with Crippen LogP contribution in [0.4, 0.5) is 14.9 Å². The van der Waals surface area contributed by atoms with E-state index in [0.29, 0.717) is 37.2 Å². The van der Waals surface area contributed by atoms with Gasteiger partial charge in [0.1, 0.15) is 5.82 Å². The molecular formula is C22H32FN3O2. The van der Waals surface area contributed by atoms with Crippen LogP contribution < -0.4 is 10.6 Å². The minimum Gasteiger partial charge on any atom is -0.353 e. The molecule has 3 amide bonds. The van der Waals surface area contributed by atoms with Gasteiger partial charge in [0.25, 0.3) is 0 Å². The predicted molar refractivity (Wildman–Crippen MR) is 109 cm³/mol. The summed E-state index contributed by atoms with van der Waals surface area (Å²) in [7, 11) is 0. The van der Waals surface area contributed by atoms with E-state index in [9.17, 15) is 14.0 Å². The molecule has 2 N–H and O–H groups in total. The number of amides is 3. The molecule has 3 rings (SSSR count). The first-order chi connectivity index (χ1) is 13.6. The highest BCUT2D eigenvalue weighted by Crippen LogP contribution is 2.23. The van der Waals surface area contributed by atoms with Crippen molar-refractivity contribution in [2.75, 3.05) is 18.4 Å². The molecule has 0 bridgehead atoms. The average molecular weight is 390 g/mol. The van der Waals surface area contributed by atoms with Crippen LogP contribution in [0.1, 0.15) is 64.2 Å². The Morgan fingerprint density at radius 1 is 1.07 bits per heavy atom. The summed E-state index contributed by atoms with van der Waals surface area (Å²) in [5.74, 6) is 0.120. The Kier molecular flexibility index (Phi) is 7.69. The monoisotopic (exact) mass is 389 g/mol. The van der Waals surface area contributed by atoms with Gasteiger partial charge in [0.05, 0.1) is 0 Å². The molecule has 1 aliphatic heterocycles. The lowest BCUT2D eigenvalue weighted by molar-refractivity contribution is -0.122. The van der Waals surface area contributed by atoms with Crippen LogP contribution >= 0.6 is 0 Å². The lowest BCUT2D eigenvalue weighted by atomic mass is 9.93. The van der Waals surface area contributed by atoms with Gasteiger partial charge in [-0.15, -0.1) is 0 Å². The molecule has 0 spiro atoms. The molecule has 1 aromatic rings. The van der Waals surface area contributed by atoms with E-state index in [-0.39, 0.29) is 17.8 Å². The normalized spacial score (nSPS) is 21.0. The summed E-state index contributed by atoms with van der Waals surface area (Å²) in [5.41, 5.74) is 0.468. The van der Waals surface area contributed by atoms with Crippen molar-refractivity contribution in [1.82, 2.24) is 10.2 Å². The molecule has 0 aromatic heterocycles. The molecule has 6 heteroatoms. The lowest BCUT2D eigenvalue weighted by Gasteiger charge is -2.32.